The molecule has 0 saturated heterocycles. The highest BCUT2D eigenvalue weighted by Gasteiger charge is 2.40. The number of carbonyl (C=O) groups excluding carboxylic acids is 1. The average Bonchev–Trinajstić information content (AvgIpc) is 2.86. The summed E-state index contributed by atoms with van der Waals surface area (Å²) >= 11 is 0. The second-order valence-electron chi connectivity index (χ2n) is 6.01. The van der Waals surface area contributed by atoms with Gasteiger partial charge in [-0.1, -0.05) is 6.07 Å². The van der Waals surface area contributed by atoms with Gasteiger partial charge in [-0.2, -0.15) is 39.5 Å². The van der Waals surface area contributed by atoms with E-state index in [4.69, 9.17) is 0 Å². The Labute approximate surface area is 151 Å². The van der Waals surface area contributed by atoms with E-state index in [-0.39, 0.29) is 11.6 Å². The summed E-state index contributed by atoms with van der Waals surface area (Å²) in [4.78, 5) is 12.6. The number of hydrogen-bond acceptors (Lipinski definition) is 1. The number of hydrogen-bond donors (Lipinski definition) is 0. The van der Waals surface area contributed by atoms with Gasteiger partial charge in [-0.05, 0) is 35.9 Å². The minimum atomic E-state index is -5.16. The van der Waals surface area contributed by atoms with Crippen LogP contribution in [0.25, 0.3) is 0 Å². The zero-order valence-electron chi connectivity index (χ0n) is 13.4. The Morgan fingerprint density at radius 2 is 1.18 bits per heavy atom. The van der Waals surface area contributed by atoms with Crippen molar-refractivity contribution in [3.63, 3.8) is 0 Å². The van der Waals surface area contributed by atoms with Crippen LogP contribution in [0.1, 0.15) is 22.3 Å². The minimum Gasteiger partial charge on any atom is -0.280 e. The molecule has 0 radical (unpaired) electrons. The molecule has 0 spiro atoms. The molecule has 0 bridgehead atoms. The van der Waals surface area contributed by atoms with E-state index < -0.39 is 58.9 Å². The Kier molecular flexibility index (Phi) is 4.39. The molecule has 150 valence electrons. The number of halogens is 9. The Hall–Kier alpha value is -2.72. The molecule has 0 atom stereocenters. The van der Waals surface area contributed by atoms with Gasteiger partial charge in [-0.25, -0.2) is 0 Å². The molecule has 0 unspecified atom stereocenters. The van der Waals surface area contributed by atoms with Crippen molar-refractivity contribution >= 4 is 17.3 Å². The first-order chi connectivity index (χ1) is 12.7. The van der Waals surface area contributed by atoms with E-state index in [0.29, 0.717) is 29.2 Å². The summed E-state index contributed by atoms with van der Waals surface area (Å²) in [5, 5.41) is 0. The van der Waals surface area contributed by atoms with Crippen LogP contribution in [0.2, 0.25) is 0 Å². The fourth-order valence-electron chi connectivity index (χ4n) is 2.82. The van der Waals surface area contributed by atoms with Gasteiger partial charge in [0, 0.05) is 0 Å². The highest BCUT2D eigenvalue weighted by atomic mass is 19.4. The molecule has 0 fully saturated rings. The summed E-state index contributed by atoms with van der Waals surface area (Å²) < 4.78 is 117. The molecule has 1 amide bonds. The smallest absolute Gasteiger partial charge is 0.280 e. The Morgan fingerprint density at radius 3 is 1.64 bits per heavy atom. The molecule has 3 rings (SSSR count). The third-order valence-electron chi connectivity index (χ3n) is 4.08. The maximum atomic E-state index is 13.0. The molecule has 2 nitrogen and oxygen atoms in total. The van der Waals surface area contributed by atoms with Gasteiger partial charge in [0.2, 0.25) is 5.91 Å². The summed E-state index contributed by atoms with van der Waals surface area (Å²) in [6.45, 7) is 0. The molecule has 1 heterocycles. The molecule has 28 heavy (non-hydrogen) atoms. The molecule has 11 heteroatoms. The molecule has 1 aliphatic heterocycles. The van der Waals surface area contributed by atoms with E-state index in [1.165, 1.54) is 0 Å². The zero-order valence-corrected chi connectivity index (χ0v) is 13.4. The van der Waals surface area contributed by atoms with Crippen molar-refractivity contribution in [2.75, 3.05) is 4.90 Å². The van der Waals surface area contributed by atoms with Crippen LogP contribution in [0.4, 0.5) is 50.9 Å². The monoisotopic (exact) mass is 413 g/mol. The van der Waals surface area contributed by atoms with Crippen molar-refractivity contribution in [3.05, 3.63) is 58.7 Å². The number of anilines is 2. The lowest BCUT2D eigenvalue weighted by atomic mass is 10.1. The van der Waals surface area contributed by atoms with Crippen LogP contribution in [-0.4, -0.2) is 5.91 Å². The number of carbonyl (C=O) groups is 1. The van der Waals surface area contributed by atoms with Crippen LogP contribution in [0.3, 0.4) is 0 Å². The van der Waals surface area contributed by atoms with Gasteiger partial charge in [0.05, 0.1) is 34.5 Å². The topological polar surface area (TPSA) is 20.3 Å². The van der Waals surface area contributed by atoms with Gasteiger partial charge >= 0.3 is 18.5 Å². The molecule has 0 N–H and O–H groups in total. The second kappa shape index (κ2) is 6.14. The number of alkyl halides is 9. The molecule has 1 aliphatic rings. The van der Waals surface area contributed by atoms with Crippen molar-refractivity contribution in [1.82, 2.24) is 0 Å². The maximum Gasteiger partial charge on any atom is 0.416 e. The van der Waals surface area contributed by atoms with Gasteiger partial charge in [0.1, 0.15) is 0 Å². The quantitative estimate of drug-likeness (QED) is 0.528. The Bertz CT molecular complexity index is 909. The molecule has 2 aromatic rings. The molecule has 2 aromatic carbocycles. The van der Waals surface area contributed by atoms with E-state index in [1.807, 2.05) is 0 Å². The molecular formula is C17H8F9NO. The normalized spacial score (nSPS) is 15.2. The van der Waals surface area contributed by atoms with Crippen molar-refractivity contribution in [3.8, 4) is 0 Å². The molecule has 0 saturated carbocycles. The molecular weight excluding hydrogens is 405 g/mol. The predicted molar refractivity (Wildman–Crippen MR) is 78.7 cm³/mol. The Morgan fingerprint density at radius 1 is 0.679 bits per heavy atom. The SMILES string of the molecule is O=C1Cc2ccc(C(F)(F)F)cc2N1c1cc(C(F)(F)F)cc(C(F)(F)F)c1. The van der Waals surface area contributed by atoms with E-state index >= 15 is 0 Å². The lowest BCUT2D eigenvalue weighted by Gasteiger charge is -2.22. The lowest BCUT2D eigenvalue weighted by molar-refractivity contribution is -0.143. The number of rotatable bonds is 1. The van der Waals surface area contributed by atoms with Crippen molar-refractivity contribution in [2.45, 2.75) is 24.9 Å². The summed E-state index contributed by atoms with van der Waals surface area (Å²) in [5.74, 6) is -0.943. The summed E-state index contributed by atoms with van der Waals surface area (Å²) in [6, 6.07) is 2.63. The van der Waals surface area contributed by atoms with Gasteiger partial charge < -0.3 is 0 Å². The summed E-state index contributed by atoms with van der Waals surface area (Å²) in [7, 11) is 0. The third kappa shape index (κ3) is 3.65. The maximum absolute atomic E-state index is 13.0. The van der Waals surface area contributed by atoms with E-state index in [0.717, 1.165) is 6.07 Å². The van der Waals surface area contributed by atoms with Crippen molar-refractivity contribution < 1.29 is 44.3 Å². The third-order valence-corrected chi connectivity index (χ3v) is 4.08. The standard InChI is InChI=1S/C17H8F9NO/c18-15(19,20)9-2-1-8-3-14(28)27(13(8)7-9)12-5-10(16(21,22)23)4-11(6-12)17(24,25)26/h1-2,4-7H,3H2. The first-order valence-corrected chi connectivity index (χ1v) is 7.50. The molecule has 0 aliphatic carbocycles. The van der Waals surface area contributed by atoms with E-state index in [9.17, 15) is 44.3 Å². The number of benzene rings is 2. The van der Waals surface area contributed by atoms with Gasteiger partial charge in [-0.3, -0.25) is 9.69 Å². The highest BCUT2D eigenvalue weighted by Crippen LogP contribution is 2.43. The second-order valence-corrected chi connectivity index (χ2v) is 6.01. The fraction of sp³-hybridized carbons (Fsp3) is 0.235. The van der Waals surface area contributed by atoms with Crippen LogP contribution >= 0.6 is 0 Å². The summed E-state index contributed by atoms with van der Waals surface area (Å²) in [6.07, 6.45) is -15.6. The van der Waals surface area contributed by atoms with Crippen LogP contribution in [0, 0.1) is 0 Å². The van der Waals surface area contributed by atoms with Gasteiger partial charge in [-0.15, -0.1) is 0 Å². The fourth-order valence-corrected chi connectivity index (χ4v) is 2.82. The first kappa shape index (κ1) is 20.0. The average molecular weight is 413 g/mol. The van der Waals surface area contributed by atoms with E-state index in [1.54, 1.807) is 0 Å². The number of amides is 1. The van der Waals surface area contributed by atoms with Gasteiger partial charge in [0.15, 0.2) is 0 Å². The summed E-state index contributed by atoms with van der Waals surface area (Å²) in [5.41, 5.74) is -5.70. The van der Waals surface area contributed by atoms with Crippen LogP contribution in [-0.2, 0) is 29.7 Å². The van der Waals surface area contributed by atoms with Crippen molar-refractivity contribution in [1.29, 1.82) is 0 Å². The zero-order chi connectivity index (χ0) is 21.1. The predicted octanol–water partition coefficient (Wildman–Crippen LogP) is 5.96. The highest BCUT2D eigenvalue weighted by molar-refractivity contribution is 6.07. The first-order valence-electron chi connectivity index (χ1n) is 7.50. The lowest BCUT2D eigenvalue weighted by Crippen LogP contribution is -2.23. The Balaban J connectivity index is 2.21. The van der Waals surface area contributed by atoms with Crippen LogP contribution < -0.4 is 4.90 Å². The van der Waals surface area contributed by atoms with Gasteiger partial charge in [0.25, 0.3) is 0 Å². The number of fused-ring (bicyclic) bond motifs is 1. The van der Waals surface area contributed by atoms with E-state index in [2.05, 4.69) is 0 Å². The largest absolute Gasteiger partial charge is 0.416 e. The molecule has 0 aromatic heterocycles. The minimum absolute atomic E-state index is 0.0592. The van der Waals surface area contributed by atoms with Crippen molar-refractivity contribution in [2.24, 2.45) is 0 Å². The van der Waals surface area contributed by atoms with Crippen LogP contribution in [0.15, 0.2) is 36.4 Å². The number of nitrogens with zero attached hydrogens (tertiary/aromatic N) is 1. The van der Waals surface area contributed by atoms with Crippen LogP contribution in [0.5, 0.6) is 0 Å².